The maximum absolute atomic E-state index is 12.6. The average Bonchev–Trinajstić information content (AvgIpc) is 3.18. The maximum Gasteiger partial charge on any atom is 0.242 e. The summed E-state index contributed by atoms with van der Waals surface area (Å²) in [6.45, 7) is 3.78. The van der Waals surface area contributed by atoms with Crippen LogP contribution in [0, 0.1) is 11.3 Å². The lowest BCUT2D eigenvalue weighted by atomic mass is 9.95. The Morgan fingerprint density at radius 3 is 2.41 bits per heavy atom. The van der Waals surface area contributed by atoms with Gasteiger partial charge in [-0.2, -0.15) is 0 Å². The van der Waals surface area contributed by atoms with E-state index in [2.05, 4.69) is 0 Å². The van der Waals surface area contributed by atoms with Gasteiger partial charge in [-0.3, -0.25) is 4.79 Å². The van der Waals surface area contributed by atoms with Crippen LogP contribution in [0.4, 0.5) is 8.78 Å². The summed E-state index contributed by atoms with van der Waals surface area (Å²) in [5, 5.41) is 0. The summed E-state index contributed by atoms with van der Waals surface area (Å²) >= 11 is 0. The van der Waals surface area contributed by atoms with Crippen molar-refractivity contribution in [2.24, 2.45) is 11.3 Å². The predicted molar refractivity (Wildman–Crippen MR) is 56.7 cm³/mol. The molecule has 17 heavy (non-hydrogen) atoms. The van der Waals surface area contributed by atoms with Gasteiger partial charge in [0.05, 0.1) is 17.6 Å². The minimum Gasteiger partial charge on any atom is -0.369 e. The number of carbonyl (C=O) groups excluding carboxylic acids is 1. The Labute approximate surface area is 99.1 Å². The number of ether oxygens (including phenoxy) is 1. The molecule has 3 rings (SSSR count). The number of amides is 1. The van der Waals surface area contributed by atoms with E-state index in [-0.39, 0.29) is 11.5 Å². The molecule has 0 aromatic heterocycles. The molecule has 0 aromatic rings. The molecular formula is C12H17F2NO2. The highest BCUT2D eigenvalue weighted by molar-refractivity contribution is 5.85. The van der Waals surface area contributed by atoms with Crippen molar-refractivity contribution in [2.75, 3.05) is 19.7 Å². The zero-order chi connectivity index (χ0) is 12.3. The van der Waals surface area contributed by atoms with Crippen molar-refractivity contribution in [3.63, 3.8) is 0 Å². The van der Waals surface area contributed by atoms with Crippen molar-refractivity contribution in [2.45, 2.75) is 38.2 Å². The molecule has 0 aromatic carbocycles. The second kappa shape index (κ2) is 3.40. The number of nitrogens with zero attached hydrogens (tertiary/aromatic N) is 1. The molecule has 1 saturated carbocycles. The van der Waals surface area contributed by atoms with Gasteiger partial charge in [0.15, 0.2) is 0 Å². The van der Waals surface area contributed by atoms with E-state index in [9.17, 15) is 13.6 Å². The first-order valence-electron chi connectivity index (χ1n) is 6.18. The Morgan fingerprint density at radius 1 is 1.41 bits per heavy atom. The quantitative estimate of drug-likeness (QED) is 0.693. The van der Waals surface area contributed by atoms with Crippen molar-refractivity contribution in [3.05, 3.63) is 0 Å². The number of rotatable bonds is 2. The summed E-state index contributed by atoms with van der Waals surface area (Å²) in [6.07, 6.45) is -0.323. The van der Waals surface area contributed by atoms with Gasteiger partial charge in [-0.25, -0.2) is 8.78 Å². The monoisotopic (exact) mass is 245 g/mol. The molecular weight excluding hydrogens is 228 g/mol. The van der Waals surface area contributed by atoms with E-state index >= 15 is 0 Å². The molecule has 1 amide bonds. The molecule has 2 saturated heterocycles. The van der Waals surface area contributed by atoms with Crippen molar-refractivity contribution >= 4 is 5.91 Å². The van der Waals surface area contributed by atoms with Gasteiger partial charge in [0.2, 0.25) is 12.3 Å². The third-order valence-corrected chi connectivity index (χ3v) is 4.61. The third kappa shape index (κ3) is 1.75. The van der Waals surface area contributed by atoms with Crippen LogP contribution < -0.4 is 0 Å². The van der Waals surface area contributed by atoms with Crippen LogP contribution in [0.3, 0.4) is 0 Å². The highest BCUT2D eigenvalue weighted by Gasteiger charge is 2.62. The van der Waals surface area contributed by atoms with Crippen molar-refractivity contribution in [1.82, 2.24) is 4.90 Å². The van der Waals surface area contributed by atoms with Gasteiger partial charge in [-0.1, -0.05) is 6.92 Å². The van der Waals surface area contributed by atoms with Crippen LogP contribution in [-0.4, -0.2) is 42.5 Å². The lowest BCUT2D eigenvalue weighted by Gasteiger charge is -2.32. The Kier molecular flexibility index (Phi) is 2.28. The third-order valence-electron chi connectivity index (χ3n) is 4.61. The molecule has 0 bridgehead atoms. The van der Waals surface area contributed by atoms with E-state index in [1.807, 2.05) is 0 Å². The van der Waals surface area contributed by atoms with Crippen molar-refractivity contribution in [3.8, 4) is 0 Å². The molecule has 3 nitrogen and oxygen atoms in total. The Morgan fingerprint density at radius 2 is 2.00 bits per heavy atom. The Bertz CT molecular complexity index is 346. The number of piperidine rings is 1. The molecule has 2 heterocycles. The molecule has 5 heteroatoms. The maximum atomic E-state index is 12.6. The number of hydrogen-bond acceptors (Lipinski definition) is 2. The molecule has 2 aliphatic heterocycles. The first kappa shape index (κ1) is 11.4. The molecule has 3 aliphatic rings. The molecule has 3 fully saturated rings. The van der Waals surface area contributed by atoms with Gasteiger partial charge in [0, 0.05) is 19.0 Å². The molecule has 0 radical (unpaired) electrons. The summed E-state index contributed by atoms with van der Waals surface area (Å²) in [4.78, 5) is 13.9. The number of epoxide rings is 1. The van der Waals surface area contributed by atoms with Gasteiger partial charge in [-0.15, -0.1) is 0 Å². The fourth-order valence-corrected chi connectivity index (χ4v) is 2.88. The standard InChI is InChI=1S/C12H17F2NO2/c1-11(6-8(11)9(13)14)10(16)15-4-2-12(3-5-15)7-17-12/h8-9H,2-7H2,1H3/t8-,11+/m1/s1. The first-order chi connectivity index (χ1) is 7.97. The van der Waals surface area contributed by atoms with Crippen LogP contribution in [0.5, 0.6) is 0 Å². The fourth-order valence-electron chi connectivity index (χ4n) is 2.88. The summed E-state index contributed by atoms with van der Waals surface area (Å²) in [6, 6.07) is 0. The average molecular weight is 245 g/mol. The summed E-state index contributed by atoms with van der Waals surface area (Å²) < 4.78 is 30.5. The SMILES string of the molecule is C[C@]1(C(=O)N2CCC3(CC2)CO3)C[C@@H]1C(F)F. The minimum absolute atomic E-state index is 0.0311. The van der Waals surface area contributed by atoms with Gasteiger partial charge in [-0.05, 0) is 19.3 Å². The zero-order valence-corrected chi connectivity index (χ0v) is 9.92. The van der Waals surface area contributed by atoms with Crippen LogP contribution >= 0.6 is 0 Å². The highest BCUT2D eigenvalue weighted by atomic mass is 19.3. The van der Waals surface area contributed by atoms with E-state index in [0.717, 1.165) is 19.4 Å². The predicted octanol–water partition coefficient (Wildman–Crippen LogP) is 1.67. The van der Waals surface area contributed by atoms with Crippen LogP contribution in [0.1, 0.15) is 26.2 Å². The second-order valence-electron chi connectivity index (χ2n) is 5.83. The zero-order valence-electron chi connectivity index (χ0n) is 9.92. The summed E-state index contributed by atoms with van der Waals surface area (Å²) in [5.41, 5.74) is -0.771. The van der Waals surface area contributed by atoms with Gasteiger partial charge < -0.3 is 9.64 Å². The first-order valence-corrected chi connectivity index (χ1v) is 6.18. The summed E-state index contributed by atoms with van der Waals surface area (Å²) in [7, 11) is 0. The fraction of sp³-hybridized carbons (Fsp3) is 0.917. The van der Waals surface area contributed by atoms with Crippen LogP contribution in [-0.2, 0) is 9.53 Å². The highest BCUT2D eigenvalue weighted by Crippen LogP contribution is 2.56. The number of carbonyl (C=O) groups is 1. The molecule has 2 atom stereocenters. The van der Waals surface area contributed by atoms with Gasteiger partial charge in [0.25, 0.3) is 0 Å². The molecule has 1 spiro atoms. The van der Waals surface area contributed by atoms with Gasteiger partial charge in [0.1, 0.15) is 0 Å². The minimum atomic E-state index is -2.37. The normalized spacial score (nSPS) is 38.6. The van der Waals surface area contributed by atoms with Crippen molar-refractivity contribution in [1.29, 1.82) is 0 Å². The van der Waals surface area contributed by atoms with Gasteiger partial charge >= 0.3 is 0 Å². The van der Waals surface area contributed by atoms with Crippen LogP contribution in [0.15, 0.2) is 0 Å². The van der Waals surface area contributed by atoms with Crippen molar-refractivity contribution < 1.29 is 18.3 Å². The van der Waals surface area contributed by atoms with E-state index in [1.165, 1.54) is 0 Å². The van der Waals surface area contributed by atoms with Crippen LogP contribution in [0.25, 0.3) is 0 Å². The lowest BCUT2D eigenvalue weighted by Crippen LogP contribution is -2.45. The van der Waals surface area contributed by atoms with E-state index < -0.39 is 17.8 Å². The topological polar surface area (TPSA) is 32.8 Å². The molecule has 0 N–H and O–H groups in total. The van der Waals surface area contributed by atoms with E-state index in [4.69, 9.17) is 4.74 Å². The molecule has 1 aliphatic carbocycles. The number of halogens is 2. The second-order valence-corrected chi connectivity index (χ2v) is 5.83. The number of alkyl halides is 2. The van der Waals surface area contributed by atoms with Crippen LogP contribution in [0.2, 0.25) is 0 Å². The lowest BCUT2D eigenvalue weighted by molar-refractivity contribution is -0.139. The number of likely N-dealkylation sites (tertiary alicyclic amines) is 1. The number of hydrogen-bond donors (Lipinski definition) is 0. The van der Waals surface area contributed by atoms with E-state index in [0.29, 0.717) is 19.5 Å². The largest absolute Gasteiger partial charge is 0.369 e. The molecule has 0 unspecified atom stereocenters. The summed E-state index contributed by atoms with van der Waals surface area (Å²) in [5.74, 6) is -0.818. The molecule has 96 valence electrons. The Balaban J connectivity index is 1.60. The van der Waals surface area contributed by atoms with E-state index in [1.54, 1.807) is 11.8 Å². The smallest absolute Gasteiger partial charge is 0.242 e. The Hall–Kier alpha value is -0.710.